The number of hydrogen-bond donors (Lipinski definition) is 1. The fourth-order valence-corrected chi connectivity index (χ4v) is 4.14. The van der Waals surface area contributed by atoms with Crippen LogP contribution in [0.25, 0.3) is 0 Å². The SMILES string of the molecule is S=C(NC1CCCCCC1)N(Cc1ccco1)C[C@H]1CC=CCC1. The summed E-state index contributed by atoms with van der Waals surface area (Å²) in [4.78, 5) is 2.32. The van der Waals surface area contributed by atoms with E-state index >= 15 is 0 Å². The molecule has 1 heterocycles. The fourth-order valence-electron chi connectivity index (χ4n) is 3.83. The quantitative estimate of drug-likeness (QED) is 0.459. The van der Waals surface area contributed by atoms with Crippen molar-refractivity contribution in [3.63, 3.8) is 0 Å². The molecule has 0 amide bonds. The van der Waals surface area contributed by atoms with Crippen LogP contribution in [0.15, 0.2) is 35.0 Å². The first-order chi connectivity index (χ1) is 11.8. The summed E-state index contributed by atoms with van der Waals surface area (Å²) >= 11 is 5.80. The van der Waals surface area contributed by atoms with Gasteiger partial charge in [-0.05, 0) is 62.4 Å². The van der Waals surface area contributed by atoms with Gasteiger partial charge in [-0.25, -0.2) is 0 Å². The van der Waals surface area contributed by atoms with Gasteiger partial charge < -0.3 is 14.6 Å². The van der Waals surface area contributed by atoms with Crippen LogP contribution in [0.2, 0.25) is 0 Å². The number of thiocarbonyl (C=S) groups is 1. The molecule has 1 N–H and O–H groups in total. The second kappa shape index (κ2) is 9.26. The fraction of sp³-hybridized carbons (Fsp3) is 0.650. The Morgan fingerprint density at radius 2 is 2.00 bits per heavy atom. The summed E-state index contributed by atoms with van der Waals surface area (Å²) in [6.07, 6.45) is 17.9. The van der Waals surface area contributed by atoms with Crippen molar-refractivity contribution in [2.24, 2.45) is 5.92 Å². The Morgan fingerprint density at radius 1 is 1.17 bits per heavy atom. The highest BCUT2D eigenvalue weighted by Gasteiger charge is 2.21. The summed E-state index contributed by atoms with van der Waals surface area (Å²) in [6.45, 7) is 1.79. The van der Waals surface area contributed by atoms with Crippen LogP contribution in [0, 0.1) is 5.92 Å². The van der Waals surface area contributed by atoms with Gasteiger partial charge in [0.25, 0.3) is 0 Å². The minimum absolute atomic E-state index is 0.547. The number of nitrogens with zero attached hydrogens (tertiary/aromatic N) is 1. The summed E-state index contributed by atoms with van der Waals surface area (Å²) in [5, 5.41) is 4.57. The first-order valence-electron chi connectivity index (χ1n) is 9.54. The second-order valence-corrected chi connectivity index (χ2v) is 7.64. The van der Waals surface area contributed by atoms with Crippen LogP contribution < -0.4 is 5.32 Å². The Bertz CT molecular complexity index is 518. The van der Waals surface area contributed by atoms with Crippen molar-refractivity contribution in [2.45, 2.75) is 70.4 Å². The van der Waals surface area contributed by atoms with Gasteiger partial charge >= 0.3 is 0 Å². The van der Waals surface area contributed by atoms with E-state index in [0.29, 0.717) is 12.0 Å². The first kappa shape index (κ1) is 17.5. The third kappa shape index (κ3) is 5.37. The van der Waals surface area contributed by atoms with Crippen LogP contribution in [-0.2, 0) is 6.54 Å². The van der Waals surface area contributed by atoms with Gasteiger partial charge in [-0.1, -0.05) is 37.8 Å². The van der Waals surface area contributed by atoms with Crippen molar-refractivity contribution >= 4 is 17.3 Å². The predicted molar refractivity (Wildman–Crippen MR) is 103 cm³/mol. The van der Waals surface area contributed by atoms with E-state index in [1.807, 2.05) is 12.1 Å². The van der Waals surface area contributed by atoms with Gasteiger partial charge in [0.15, 0.2) is 5.11 Å². The molecule has 1 saturated carbocycles. The highest BCUT2D eigenvalue weighted by Crippen LogP contribution is 2.22. The van der Waals surface area contributed by atoms with Gasteiger partial charge in [0.05, 0.1) is 12.8 Å². The Labute approximate surface area is 151 Å². The molecule has 3 rings (SSSR count). The van der Waals surface area contributed by atoms with Crippen molar-refractivity contribution in [1.82, 2.24) is 10.2 Å². The summed E-state index contributed by atoms with van der Waals surface area (Å²) in [5.41, 5.74) is 0. The lowest BCUT2D eigenvalue weighted by atomic mass is 9.94. The minimum Gasteiger partial charge on any atom is -0.467 e. The lowest BCUT2D eigenvalue weighted by Crippen LogP contribution is -2.46. The van der Waals surface area contributed by atoms with E-state index in [4.69, 9.17) is 16.6 Å². The molecule has 0 unspecified atom stereocenters. The molecule has 1 aromatic heterocycles. The Kier molecular flexibility index (Phi) is 6.76. The average Bonchev–Trinajstić information content (AvgIpc) is 2.98. The van der Waals surface area contributed by atoms with E-state index in [9.17, 15) is 0 Å². The molecule has 0 aliphatic heterocycles. The molecule has 1 aromatic rings. The first-order valence-corrected chi connectivity index (χ1v) is 9.95. The number of hydrogen-bond acceptors (Lipinski definition) is 2. The molecule has 1 fully saturated rings. The molecule has 3 nitrogen and oxygen atoms in total. The normalized spacial score (nSPS) is 22.1. The molecular weight excluding hydrogens is 316 g/mol. The highest BCUT2D eigenvalue weighted by molar-refractivity contribution is 7.80. The molecule has 24 heavy (non-hydrogen) atoms. The van der Waals surface area contributed by atoms with Gasteiger partial charge in [0.1, 0.15) is 5.76 Å². The van der Waals surface area contributed by atoms with E-state index in [1.165, 1.54) is 57.8 Å². The van der Waals surface area contributed by atoms with Gasteiger partial charge in [0, 0.05) is 12.6 Å². The molecule has 0 aromatic carbocycles. The van der Waals surface area contributed by atoms with Crippen molar-refractivity contribution in [2.75, 3.05) is 6.54 Å². The molecule has 2 aliphatic rings. The van der Waals surface area contributed by atoms with Crippen LogP contribution in [0.4, 0.5) is 0 Å². The van der Waals surface area contributed by atoms with E-state index in [1.54, 1.807) is 6.26 Å². The number of furan rings is 1. The van der Waals surface area contributed by atoms with E-state index in [2.05, 4.69) is 22.4 Å². The zero-order valence-electron chi connectivity index (χ0n) is 14.6. The summed E-state index contributed by atoms with van der Waals surface area (Å²) in [5.74, 6) is 1.69. The van der Waals surface area contributed by atoms with Crippen molar-refractivity contribution in [3.8, 4) is 0 Å². The summed E-state index contributed by atoms with van der Waals surface area (Å²) < 4.78 is 5.57. The molecular formula is C20H30N2OS. The average molecular weight is 347 g/mol. The summed E-state index contributed by atoms with van der Waals surface area (Å²) in [6, 6.07) is 4.55. The van der Waals surface area contributed by atoms with Crippen LogP contribution in [-0.4, -0.2) is 22.6 Å². The van der Waals surface area contributed by atoms with Crippen LogP contribution in [0.3, 0.4) is 0 Å². The van der Waals surface area contributed by atoms with Gasteiger partial charge in [-0.15, -0.1) is 0 Å². The Hall–Kier alpha value is -1.29. The zero-order chi connectivity index (χ0) is 16.6. The van der Waals surface area contributed by atoms with Crippen LogP contribution >= 0.6 is 12.2 Å². The van der Waals surface area contributed by atoms with E-state index in [-0.39, 0.29) is 0 Å². The number of allylic oxidation sites excluding steroid dienone is 2. The third-order valence-corrected chi connectivity index (χ3v) is 5.63. The van der Waals surface area contributed by atoms with Crippen LogP contribution in [0.1, 0.15) is 63.5 Å². The topological polar surface area (TPSA) is 28.4 Å². The highest BCUT2D eigenvalue weighted by atomic mass is 32.1. The van der Waals surface area contributed by atoms with E-state index in [0.717, 1.165) is 24.0 Å². The molecule has 1 atom stereocenters. The maximum absolute atomic E-state index is 5.80. The predicted octanol–water partition coefficient (Wildman–Crippen LogP) is 5.04. The maximum atomic E-state index is 5.80. The number of rotatable bonds is 5. The molecule has 0 saturated heterocycles. The number of nitrogens with one attached hydrogen (secondary N) is 1. The molecule has 0 spiro atoms. The molecule has 2 aliphatic carbocycles. The minimum atomic E-state index is 0.547. The summed E-state index contributed by atoms with van der Waals surface area (Å²) in [7, 11) is 0. The standard InChI is InChI=1S/C20H30N2OS/c24-20(21-18-11-6-1-2-7-12-18)22(16-19-13-8-14-23-19)15-17-9-4-3-5-10-17/h3-4,8,13-14,17-18H,1-2,5-7,9-12,15-16H2,(H,21,24)/t17-/m0/s1. The Morgan fingerprint density at radius 3 is 2.67 bits per heavy atom. The lowest BCUT2D eigenvalue weighted by Gasteiger charge is -2.32. The third-order valence-electron chi connectivity index (χ3n) is 5.25. The van der Waals surface area contributed by atoms with Crippen molar-refractivity contribution in [1.29, 1.82) is 0 Å². The van der Waals surface area contributed by atoms with Gasteiger partial charge in [-0.3, -0.25) is 0 Å². The van der Waals surface area contributed by atoms with Gasteiger partial charge in [-0.2, -0.15) is 0 Å². The van der Waals surface area contributed by atoms with E-state index < -0.39 is 0 Å². The molecule has 132 valence electrons. The van der Waals surface area contributed by atoms with Crippen molar-refractivity contribution in [3.05, 3.63) is 36.3 Å². The maximum Gasteiger partial charge on any atom is 0.169 e. The van der Waals surface area contributed by atoms with Gasteiger partial charge in [0.2, 0.25) is 0 Å². The molecule has 4 heteroatoms. The lowest BCUT2D eigenvalue weighted by molar-refractivity contribution is 0.288. The smallest absolute Gasteiger partial charge is 0.169 e. The monoisotopic (exact) mass is 346 g/mol. The second-order valence-electron chi connectivity index (χ2n) is 7.25. The van der Waals surface area contributed by atoms with Crippen LogP contribution in [0.5, 0.6) is 0 Å². The molecule has 0 bridgehead atoms. The molecule has 0 radical (unpaired) electrons. The Balaban J connectivity index is 1.60. The zero-order valence-corrected chi connectivity index (χ0v) is 15.4. The van der Waals surface area contributed by atoms with Crippen molar-refractivity contribution < 1.29 is 4.42 Å². The largest absolute Gasteiger partial charge is 0.467 e.